The summed E-state index contributed by atoms with van der Waals surface area (Å²) in [5.41, 5.74) is 0. The second kappa shape index (κ2) is 6.06. The van der Waals surface area contributed by atoms with Crippen LogP contribution in [0.4, 0.5) is 0 Å². The first-order chi connectivity index (χ1) is 8.40. The quantitative estimate of drug-likeness (QED) is 0.605. The Hall–Kier alpha value is -1.80. The van der Waals surface area contributed by atoms with Gasteiger partial charge < -0.3 is 10.1 Å². The lowest BCUT2D eigenvalue weighted by Crippen LogP contribution is -2.20. The molecule has 0 aliphatic heterocycles. The van der Waals surface area contributed by atoms with Crippen molar-refractivity contribution in [2.45, 2.75) is 0 Å². The average molecular weight is 227 g/mol. The summed E-state index contributed by atoms with van der Waals surface area (Å²) in [4.78, 5) is 0. The van der Waals surface area contributed by atoms with Crippen molar-refractivity contribution < 1.29 is 4.74 Å². The fourth-order valence-electron chi connectivity index (χ4n) is 1.70. The molecule has 2 nitrogen and oxygen atoms in total. The second-order valence-electron chi connectivity index (χ2n) is 3.85. The first-order valence-corrected chi connectivity index (χ1v) is 5.83. The van der Waals surface area contributed by atoms with Crippen LogP contribution >= 0.6 is 0 Å². The second-order valence-corrected chi connectivity index (χ2v) is 3.85. The molecule has 0 radical (unpaired) electrons. The summed E-state index contributed by atoms with van der Waals surface area (Å²) < 4.78 is 5.66. The van der Waals surface area contributed by atoms with Crippen LogP contribution in [0.3, 0.4) is 0 Å². The van der Waals surface area contributed by atoms with Crippen molar-refractivity contribution in [1.29, 1.82) is 0 Å². The molecule has 0 aliphatic rings. The molecule has 0 amide bonds. The Morgan fingerprint density at radius 2 is 1.94 bits per heavy atom. The lowest BCUT2D eigenvalue weighted by molar-refractivity contribution is 0.317. The number of benzene rings is 2. The van der Waals surface area contributed by atoms with Gasteiger partial charge in [-0.25, -0.2) is 0 Å². The Balaban J connectivity index is 1.92. The SMILES string of the molecule is C=CCNCCOc1ccc2ccccc2c1. The van der Waals surface area contributed by atoms with Gasteiger partial charge in [0.1, 0.15) is 12.4 Å². The maximum Gasteiger partial charge on any atom is 0.120 e. The molecule has 0 aromatic heterocycles. The van der Waals surface area contributed by atoms with Crippen molar-refractivity contribution in [3.05, 3.63) is 55.1 Å². The zero-order valence-electron chi connectivity index (χ0n) is 9.86. The predicted molar refractivity (Wildman–Crippen MR) is 72.5 cm³/mol. The molecule has 0 saturated carbocycles. The minimum Gasteiger partial charge on any atom is -0.492 e. The lowest BCUT2D eigenvalue weighted by atomic mass is 10.1. The van der Waals surface area contributed by atoms with Gasteiger partial charge in [-0.05, 0) is 22.9 Å². The first kappa shape index (κ1) is 11.7. The molecule has 0 heterocycles. The predicted octanol–water partition coefficient (Wildman–Crippen LogP) is 2.99. The monoisotopic (exact) mass is 227 g/mol. The molecule has 0 fully saturated rings. The fraction of sp³-hybridized carbons (Fsp3) is 0.200. The lowest BCUT2D eigenvalue weighted by Gasteiger charge is -2.07. The Morgan fingerprint density at radius 1 is 1.12 bits per heavy atom. The molecule has 17 heavy (non-hydrogen) atoms. The summed E-state index contributed by atoms with van der Waals surface area (Å²) in [7, 11) is 0. The highest BCUT2D eigenvalue weighted by atomic mass is 16.5. The summed E-state index contributed by atoms with van der Waals surface area (Å²) in [6.07, 6.45) is 1.84. The van der Waals surface area contributed by atoms with E-state index in [1.54, 1.807) is 0 Å². The van der Waals surface area contributed by atoms with E-state index in [2.05, 4.69) is 36.2 Å². The topological polar surface area (TPSA) is 21.3 Å². The van der Waals surface area contributed by atoms with Crippen molar-refractivity contribution in [1.82, 2.24) is 5.32 Å². The van der Waals surface area contributed by atoms with Gasteiger partial charge in [0.25, 0.3) is 0 Å². The molecule has 0 bridgehead atoms. The van der Waals surface area contributed by atoms with Crippen molar-refractivity contribution in [2.24, 2.45) is 0 Å². The molecule has 0 saturated heterocycles. The number of ether oxygens (including phenoxy) is 1. The highest BCUT2D eigenvalue weighted by Crippen LogP contribution is 2.20. The molecule has 2 rings (SSSR count). The molecular formula is C15H17NO. The molecule has 2 heteroatoms. The van der Waals surface area contributed by atoms with Gasteiger partial charge in [0.05, 0.1) is 0 Å². The third-order valence-corrected chi connectivity index (χ3v) is 2.56. The average Bonchev–Trinajstić information content (AvgIpc) is 2.38. The van der Waals surface area contributed by atoms with Crippen LogP contribution in [0.15, 0.2) is 55.1 Å². The molecule has 0 aliphatic carbocycles. The van der Waals surface area contributed by atoms with Crippen LogP contribution in [-0.4, -0.2) is 19.7 Å². The summed E-state index contributed by atoms with van der Waals surface area (Å²) in [6.45, 7) is 5.97. The van der Waals surface area contributed by atoms with E-state index in [4.69, 9.17) is 4.74 Å². The van der Waals surface area contributed by atoms with E-state index in [9.17, 15) is 0 Å². The van der Waals surface area contributed by atoms with Gasteiger partial charge in [-0.1, -0.05) is 36.4 Å². The standard InChI is InChI=1S/C15H17NO/c1-2-9-16-10-11-17-15-8-7-13-5-3-4-6-14(13)12-15/h2-8,12,16H,1,9-11H2. The molecule has 2 aromatic carbocycles. The van der Waals surface area contributed by atoms with Gasteiger partial charge in [0, 0.05) is 13.1 Å². The molecule has 0 unspecified atom stereocenters. The van der Waals surface area contributed by atoms with Gasteiger partial charge in [-0.15, -0.1) is 6.58 Å². The largest absolute Gasteiger partial charge is 0.492 e. The normalized spacial score (nSPS) is 10.4. The maximum absolute atomic E-state index is 5.66. The van der Waals surface area contributed by atoms with Gasteiger partial charge in [-0.2, -0.15) is 0 Å². The van der Waals surface area contributed by atoms with Gasteiger partial charge >= 0.3 is 0 Å². The van der Waals surface area contributed by atoms with E-state index in [1.807, 2.05) is 24.3 Å². The Labute approximate surface area is 102 Å². The number of hydrogen-bond acceptors (Lipinski definition) is 2. The molecule has 1 N–H and O–H groups in total. The van der Waals surface area contributed by atoms with Crippen LogP contribution in [0.2, 0.25) is 0 Å². The molecule has 88 valence electrons. The zero-order chi connectivity index (χ0) is 11.9. The number of fused-ring (bicyclic) bond motifs is 1. The first-order valence-electron chi connectivity index (χ1n) is 5.83. The minimum absolute atomic E-state index is 0.673. The zero-order valence-corrected chi connectivity index (χ0v) is 9.86. The van der Waals surface area contributed by atoms with Crippen molar-refractivity contribution in [3.63, 3.8) is 0 Å². The number of hydrogen-bond donors (Lipinski definition) is 1. The van der Waals surface area contributed by atoms with Crippen LogP contribution in [0.1, 0.15) is 0 Å². The maximum atomic E-state index is 5.66. The van der Waals surface area contributed by atoms with E-state index in [0.717, 1.165) is 18.8 Å². The fourth-order valence-corrected chi connectivity index (χ4v) is 1.70. The van der Waals surface area contributed by atoms with E-state index in [0.29, 0.717) is 6.61 Å². The van der Waals surface area contributed by atoms with Crippen LogP contribution in [-0.2, 0) is 0 Å². The van der Waals surface area contributed by atoms with E-state index in [-0.39, 0.29) is 0 Å². The molecule has 2 aromatic rings. The van der Waals surface area contributed by atoms with Crippen molar-refractivity contribution in [3.8, 4) is 5.75 Å². The molecular weight excluding hydrogens is 210 g/mol. The Kier molecular flexibility index (Phi) is 4.17. The highest BCUT2D eigenvalue weighted by Gasteiger charge is 1.96. The number of nitrogens with one attached hydrogen (secondary N) is 1. The van der Waals surface area contributed by atoms with E-state index >= 15 is 0 Å². The van der Waals surface area contributed by atoms with Crippen molar-refractivity contribution in [2.75, 3.05) is 19.7 Å². The van der Waals surface area contributed by atoms with Crippen LogP contribution < -0.4 is 10.1 Å². The summed E-state index contributed by atoms with van der Waals surface area (Å²) in [6, 6.07) is 14.4. The van der Waals surface area contributed by atoms with Gasteiger partial charge in [-0.3, -0.25) is 0 Å². The van der Waals surface area contributed by atoms with Crippen LogP contribution in [0.25, 0.3) is 10.8 Å². The Morgan fingerprint density at radius 3 is 2.76 bits per heavy atom. The van der Waals surface area contributed by atoms with E-state index < -0.39 is 0 Å². The smallest absolute Gasteiger partial charge is 0.120 e. The minimum atomic E-state index is 0.673. The van der Waals surface area contributed by atoms with E-state index in [1.165, 1.54) is 10.8 Å². The van der Waals surface area contributed by atoms with Crippen LogP contribution in [0.5, 0.6) is 5.75 Å². The third-order valence-electron chi connectivity index (χ3n) is 2.56. The van der Waals surface area contributed by atoms with Gasteiger partial charge in [0.15, 0.2) is 0 Å². The molecule has 0 atom stereocenters. The number of rotatable bonds is 6. The summed E-state index contributed by atoms with van der Waals surface area (Å²) in [5.74, 6) is 0.920. The molecule has 0 spiro atoms. The summed E-state index contributed by atoms with van der Waals surface area (Å²) >= 11 is 0. The van der Waals surface area contributed by atoms with Crippen LogP contribution in [0, 0.1) is 0 Å². The van der Waals surface area contributed by atoms with Crippen molar-refractivity contribution >= 4 is 10.8 Å². The third kappa shape index (κ3) is 3.33. The summed E-state index contributed by atoms with van der Waals surface area (Å²) in [5, 5.41) is 5.65. The highest BCUT2D eigenvalue weighted by molar-refractivity contribution is 5.83. The van der Waals surface area contributed by atoms with Gasteiger partial charge in [0.2, 0.25) is 0 Å². The Bertz CT molecular complexity index is 493.